The molecule has 1 aliphatic heterocycles. The predicted molar refractivity (Wildman–Crippen MR) is 105 cm³/mol. The Morgan fingerprint density at radius 2 is 1.76 bits per heavy atom. The summed E-state index contributed by atoms with van der Waals surface area (Å²) in [6, 6.07) is 13.5. The summed E-state index contributed by atoms with van der Waals surface area (Å²) in [5.74, 6) is -0.0391. The van der Waals surface area contributed by atoms with Crippen LogP contribution in [0.5, 0.6) is 0 Å². The minimum absolute atomic E-state index is 0.0391. The first-order valence-electron chi connectivity index (χ1n) is 8.31. The quantitative estimate of drug-likeness (QED) is 0.872. The smallest absolute Gasteiger partial charge is 0.238 e. The predicted octanol–water partition coefficient (Wildman–Crippen LogP) is 4.06. The van der Waals surface area contributed by atoms with Crippen molar-refractivity contribution in [3.05, 3.63) is 58.1 Å². The molecule has 3 rings (SSSR count). The summed E-state index contributed by atoms with van der Waals surface area (Å²) in [5.41, 5.74) is 3.23. The molecule has 0 spiro atoms. The number of piperazine rings is 1. The van der Waals surface area contributed by atoms with Crippen molar-refractivity contribution in [2.45, 2.75) is 6.92 Å². The number of hydrogen-bond donors (Lipinski definition) is 1. The molecule has 6 heteroatoms. The molecule has 1 aliphatic rings. The number of rotatable bonds is 4. The van der Waals surface area contributed by atoms with Gasteiger partial charge in [0.25, 0.3) is 0 Å². The van der Waals surface area contributed by atoms with Gasteiger partial charge in [0.05, 0.1) is 16.6 Å². The van der Waals surface area contributed by atoms with E-state index in [-0.39, 0.29) is 5.91 Å². The van der Waals surface area contributed by atoms with Gasteiger partial charge in [-0.1, -0.05) is 41.4 Å². The molecular weight excluding hydrogens is 357 g/mol. The van der Waals surface area contributed by atoms with E-state index in [1.807, 2.05) is 0 Å². The molecule has 2 aromatic rings. The second-order valence-electron chi connectivity index (χ2n) is 6.23. The topological polar surface area (TPSA) is 35.6 Å². The van der Waals surface area contributed by atoms with Crippen molar-refractivity contribution in [2.75, 3.05) is 42.9 Å². The summed E-state index contributed by atoms with van der Waals surface area (Å²) in [4.78, 5) is 16.8. The van der Waals surface area contributed by atoms with E-state index in [2.05, 4.69) is 46.3 Å². The van der Waals surface area contributed by atoms with Crippen LogP contribution in [0, 0.1) is 6.92 Å². The van der Waals surface area contributed by atoms with E-state index in [0.29, 0.717) is 22.3 Å². The summed E-state index contributed by atoms with van der Waals surface area (Å²) in [7, 11) is 0. The zero-order valence-electron chi connectivity index (χ0n) is 14.1. The first-order chi connectivity index (χ1) is 12.0. The molecule has 0 bridgehead atoms. The van der Waals surface area contributed by atoms with Gasteiger partial charge in [0.15, 0.2) is 0 Å². The number of aryl methyl sites for hydroxylation is 1. The fraction of sp³-hybridized carbons (Fsp3) is 0.316. The Labute approximate surface area is 158 Å². The van der Waals surface area contributed by atoms with Gasteiger partial charge in [-0.2, -0.15) is 0 Å². The average Bonchev–Trinajstić information content (AvgIpc) is 2.59. The Hall–Kier alpha value is -1.75. The van der Waals surface area contributed by atoms with Crippen molar-refractivity contribution in [3.63, 3.8) is 0 Å². The lowest BCUT2D eigenvalue weighted by atomic mass is 10.1. The lowest BCUT2D eigenvalue weighted by molar-refractivity contribution is -0.117. The van der Waals surface area contributed by atoms with Crippen molar-refractivity contribution in [2.24, 2.45) is 0 Å². The molecule has 25 heavy (non-hydrogen) atoms. The molecule has 2 aromatic carbocycles. The summed E-state index contributed by atoms with van der Waals surface area (Å²) in [6.07, 6.45) is 0. The Morgan fingerprint density at radius 1 is 1.04 bits per heavy atom. The van der Waals surface area contributed by atoms with E-state index in [1.165, 1.54) is 11.3 Å². The number of nitrogens with zero attached hydrogens (tertiary/aromatic N) is 2. The number of para-hydroxylation sites is 1. The number of anilines is 2. The first-order valence-corrected chi connectivity index (χ1v) is 9.06. The second kappa shape index (κ2) is 8.09. The van der Waals surface area contributed by atoms with Gasteiger partial charge in [0.2, 0.25) is 5.91 Å². The largest absolute Gasteiger partial charge is 0.369 e. The zero-order valence-corrected chi connectivity index (χ0v) is 15.6. The van der Waals surface area contributed by atoms with Crippen LogP contribution in [0.3, 0.4) is 0 Å². The Morgan fingerprint density at radius 3 is 2.44 bits per heavy atom. The molecule has 0 aliphatic carbocycles. The molecule has 1 fully saturated rings. The van der Waals surface area contributed by atoms with Crippen LogP contribution in [0.4, 0.5) is 11.4 Å². The van der Waals surface area contributed by atoms with Gasteiger partial charge in [-0.15, -0.1) is 0 Å². The van der Waals surface area contributed by atoms with Crippen LogP contribution >= 0.6 is 23.2 Å². The number of hydrogen-bond acceptors (Lipinski definition) is 3. The standard InChI is InChI=1S/C19H21Cl2N3O/c1-14-4-2-3-5-18(14)24-10-8-23(9-11-24)13-19(25)22-15-6-7-16(20)17(21)12-15/h2-7,12H,8-11,13H2,1H3,(H,22,25). The van der Waals surface area contributed by atoms with Crippen molar-refractivity contribution >= 4 is 40.5 Å². The minimum Gasteiger partial charge on any atom is -0.369 e. The Balaban J connectivity index is 1.51. The van der Waals surface area contributed by atoms with Crippen LogP contribution in [0.2, 0.25) is 10.0 Å². The van der Waals surface area contributed by atoms with Crippen molar-refractivity contribution in [3.8, 4) is 0 Å². The maximum Gasteiger partial charge on any atom is 0.238 e. The van der Waals surface area contributed by atoms with E-state index in [9.17, 15) is 4.79 Å². The third kappa shape index (κ3) is 4.66. The number of carbonyl (C=O) groups excluding carboxylic acids is 1. The molecule has 0 unspecified atom stereocenters. The van der Waals surface area contributed by atoms with Crippen LogP contribution in [0.25, 0.3) is 0 Å². The van der Waals surface area contributed by atoms with Gasteiger partial charge in [-0.25, -0.2) is 0 Å². The highest BCUT2D eigenvalue weighted by Crippen LogP contribution is 2.25. The second-order valence-corrected chi connectivity index (χ2v) is 7.04. The summed E-state index contributed by atoms with van der Waals surface area (Å²) in [5, 5.41) is 3.79. The van der Waals surface area contributed by atoms with E-state index in [1.54, 1.807) is 18.2 Å². The molecule has 1 saturated heterocycles. The van der Waals surface area contributed by atoms with Crippen LogP contribution in [0.15, 0.2) is 42.5 Å². The molecule has 1 amide bonds. The van der Waals surface area contributed by atoms with E-state index >= 15 is 0 Å². The van der Waals surface area contributed by atoms with E-state index in [4.69, 9.17) is 23.2 Å². The lowest BCUT2D eigenvalue weighted by Crippen LogP contribution is -2.48. The number of amides is 1. The van der Waals surface area contributed by atoms with E-state index < -0.39 is 0 Å². The normalized spacial score (nSPS) is 15.2. The molecule has 1 heterocycles. The molecule has 0 atom stereocenters. The molecule has 0 saturated carbocycles. The third-order valence-corrected chi connectivity index (χ3v) is 5.14. The summed E-state index contributed by atoms with van der Waals surface area (Å²) in [6.45, 7) is 6.08. The van der Waals surface area contributed by atoms with Crippen LogP contribution in [0.1, 0.15) is 5.56 Å². The molecule has 132 valence electrons. The molecular formula is C19H21Cl2N3O. The fourth-order valence-electron chi connectivity index (χ4n) is 3.04. The third-order valence-electron chi connectivity index (χ3n) is 4.40. The maximum absolute atomic E-state index is 12.2. The Bertz CT molecular complexity index is 758. The van der Waals surface area contributed by atoms with Crippen LogP contribution in [-0.2, 0) is 4.79 Å². The van der Waals surface area contributed by atoms with Crippen LogP contribution in [-0.4, -0.2) is 43.5 Å². The Kier molecular flexibility index (Phi) is 5.84. The van der Waals surface area contributed by atoms with Crippen molar-refractivity contribution in [1.82, 2.24) is 4.90 Å². The van der Waals surface area contributed by atoms with Gasteiger partial charge in [-0.05, 0) is 36.8 Å². The van der Waals surface area contributed by atoms with Gasteiger partial charge >= 0.3 is 0 Å². The number of halogens is 2. The summed E-state index contributed by atoms with van der Waals surface area (Å²) >= 11 is 11.9. The molecule has 4 nitrogen and oxygen atoms in total. The molecule has 0 radical (unpaired) electrons. The van der Waals surface area contributed by atoms with Gasteiger partial charge < -0.3 is 10.2 Å². The SMILES string of the molecule is Cc1ccccc1N1CCN(CC(=O)Nc2ccc(Cl)c(Cl)c2)CC1. The average molecular weight is 378 g/mol. The first kappa shape index (κ1) is 18.1. The lowest BCUT2D eigenvalue weighted by Gasteiger charge is -2.36. The van der Waals surface area contributed by atoms with Crippen molar-refractivity contribution < 1.29 is 4.79 Å². The highest BCUT2D eigenvalue weighted by Gasteiger charge is 2.20. The monoisotopic (exact) mass is 377 g/mol. The number of carbonyl (C=O) groups is 1. The minimum atomic E-state index is -0.0391. The molecule has 1 N–H and O–H groups in total. The van der Waals surface area contributed by atoms with Gasteiger partial charge in [-0.3, -0.25) is 9.69 Å². The summed E-state index contributed by atoms with van der Waals surface area (Å²) < 4.78 is 0. The highest BCUT2D eigenvalue weighted by atomic mass is 35.5. The maximum atomic E-state index is 12.2. The highest BCUT2D eigenvalue weighted by molar-refractivity contribution is 6.42. The van der Waals surface area contributed by atoms with Gasteiger partial charge in [0.1, 0.15) is 0 Å². The molecule has 0 aromatic heterocycles. The van der Waals surface area contributed by atoms with E-state index in [0.717, 1.165) is 26.2 Å². The van der Waals surface area contributed by atoms with Crippen molar-refractivity contribution in [1.29, 1.82) is 0 Å². The number of nitrogens with one attached hydrogen (secondary N) is 1. The fourth-order valence-corrected chi connectivity index (χ4v) is 3.34. The van der Waals surface area contributed by atoms with Crippen LogP contribution < -0.4 is 10.2 Å². The number of benzene rings is 2. The zero-order chi connectivity index (χ0) is 17.8. The van der Waals surface area contributed by atoms with Gasteiger partial charge in [0, 0.05) is 37.6 Å².